The Morgan fingerprint density at radius 1 is 0.889 bits per heavy atom. The molecule has 36 heavy (non-hydrogen) atoms. The highest BCUT2D eigenvalue weighted by Crippen LogP contribution is 2.30. The van der Waals surface area contributed by atoms with Crippen LogP contribution in [-0.2, 0) is 4.79 Å². The first-order valence-electron chi connectivity index (χ1n) is 13.7. The van der Waals surface area contributed by atoms with Crippen molar-refractivity contribution in [1.29, 1.82) is 0 Å². The maximum absolute atomic E-state index is 13.5. The van der Waals surface area contributed by atoms with Crippen LogP contribution in [-0.4, -0.2) is 80.8 Å². The molecule has 0 saturated carbocycles. The highest BCUT2D eigenvalue weighted by atomic mass is 16.2. The molecular weight excluding hydrogens is 450 g/mol. The van der Waals surface area contributed by atoms with Crippen molar-refractivity contribution in [3.8, 4) is 5.69 Å². The molecule has 8 heteroatoms. The van der Waals surface area contributed by atoms with E-state index in [1.165, 1.54) is 37.9 Å². The summed E-state index contributed by atoms with van der Waals surface area (Å²) in [7, 11) is 0. The zero-order chi connectivity index (χ0) is 24.5. The van der Waals surface area contributed by atoms with E-state index in [9.17, 15) is 4.79 Å². The molecule has 6 rings (SSSR count). The van der Waals surface area contributed by atoms with Crippen LogP contribution in [0.3, 0.4) is 0 Å². The van der Waals surface area contributed by atoms with Crippen molar-refractivity contribution in [2.75, 3.05) is 44.2 Å². The van der Waals surface area contributed by atoms with Gasteiger partial charge in [0.1, 0.15) is 12.1 Å². The lowest BCUT2D eigenvalue weighted by atomic mass is 9.94. The zero-order valence-corrected chi connectivity index (χ0v) is 21.3. The number of fused-ring (bicyclic) bond motifs is 1. The van der Waals surface area contributed by atoms with Gasteiger partial charge in [-0.25, -0.2) is 14.6 Å². The van der Waals surface area contributed by atoms with Crippen LogP contribution in [0.2, 0.25) is 0 Å². The third kappa shape index (κ3) is 4.71. The van der Waals surface area contributed by atoms with Gasteiger partial charge in [0.05, 0.1) is 17.0 Å². The fourth-order valence-electron chi connectivity index (χ4n) is 6.27. The second kappa shape index (κ2) is 10.2. The molecule has 0 bridgehead atoms. The van der Waals surface area contributed by atoms with E-state index >= 15 is 0 Å². The van der Waals surface area contributed by atoms with Crippen LogP contribution in [0, 0.1) is 12.8 Å². The fourth-order valence-corrected chi connectivity index (χ4v) is 6.27. The molecule has 1 amide bonds. The first kappa shape index (κ1) is 23.4. The standard InChI is InChI=1S/C28H37N7O/c1-21-7-9-24(10-8-21)35-19-25-26(31-35)29-20-30-27(25)34-15-5-6-22(18-34)28(36)33-16-11-23(12-17-33)32-13-3-2-4-14-32/h7-10,19-20,22-23H,2-6,11-18H2,1H3. The first-order chi connectivity index (χ1) is 17.7. The lowest BCUT2D eigenvalue weighted by molar-refractivity contribution is -0.137. The molecule has 3 aliphatic heterocycles. The molecular formula is C28H37N7O. The number of hydrogen-bond donors (Lipinski definition) is 0. The second-order valence-corrected chi connectivity index (χ2v) is 10.8. The van der Waals surface area contributed by atoms with Crippen molar-refractivity contribution in [3.05, 3.63) is 42.4 Å². The van der Waals surface area contributed by atoms with Gasteiger partial charge in [-0.3, -0.25) is 4.79 Å². The van der Waals surface area contributed by atoms with Crippen LogP contribution in [0.1, 0.15) is 50.5 Å². The summed E-state index contributed by atoms with van der Waals surface area (Å²) in [6, 6.07) is 8.97. The van der Waals surface area contributed by atoms with Crippen molar-refractivity contribution in [2.45, 2.75) is 57.9 Å². The zero-order valence-electron chi connectivity index (χ0n) is 21.3. The monoisotopic (exact) mass is 487 g/mol. The summed E-state index contributed by atoms with van der Waals surface area (Å²) in [6.07, 6.45) is 11.8. The van der Waals surface area contributed by atoms with Crippen LogP contribution in [0.4, 0.5) is 5.82 Å². The normalized spacial score (nSPS) is 22.3. The summed E-state index contributed by atoms with van der Waals surface area (Å²) >= 11 is 0. The number of nitrogens with zero attached hydrogens (tertiary/aromatic N) is 7. The van der Waals surface area contributed by atoms with Gasteiger partial charge in [0.25, 0.3) is 0 Å². The van der Waals surface area contributed by atoms with Gasteiger partial charge in [-0.05, 0) is 70.7 Å². The van der Waals surface area contributed by atoms with E-state index in [2.05, 4.69) is 55.9 Å². The van der Waals surface area contributed by atoms with E-state index in [-0.39, 0.29) is 5.92 Å². The molecule has 0 aliphatic carbocycles. The Kier molecular flexibility index (Phi) is 6.61. The van der Waals surface area contributed by atoms with E-state index < -0.39 is 0 Å². The van der Waals surface area contributed by atoms with Gasteiger partial charge in [0.15, 0.2) is 5.65 Å². The molecule has 2 aromatic heterocycles. The van der Waals surface area contributed by atoms with Gasteiger partial charge in [0.2, 0.25) is 5.91 Å². The third-order valence-electron chi connectivity index (χ3n) is 8.35. The number of anilines is 1. The smallest absolute Gasteiger partial charge is 0.227 e. The molecule has 3 saturated heterocycles. The van der Waals surface area contributed by atoms with Crippen molar-refractivity contribution >= 4 is 22.8 Å². The summed E-state index contributed by atoms with van der Waals surface area (Å²) in [5.74, 6) is 1.25. The Hall–Kier alpha value is -3.00. The van der Waals surface area contributed by atoms with E-state index in [0.29, 0.717) is 24.1 Å². The lowest BCUT2D eigenvalue weighted by Gasteiger charge is -2.42. The number of carbonyl (C=O) groups is 1. The Morgan fingerprint density at radius 3 is 2.44 bits per heavy atom. The summed E-state index contributed by atoms with van der Waals surface area (Å²) in [6.45, 7) is 7.98. The Morgan fingerprint density at radius 2 is 1.67 bits per heavy atom. The van der Waals surface area contributed by atoms with E-state index in [1.54, 1.807) is 6.33 Å². The quantitative estimate of drug-likeness (QED) is 0.557. The average molecular weight is 488 g/mol. The summed E-state index contributed by atoms with van der Waals surface area (Å²) in [4.78, 5) is 29.7. The SMILES string of the molecule is Cc1ccc(-n2cc3c(N4CCCC(C(=O)N5CCC(N6CCCCC6)CC5)C4)ncnc3n2)cc1. The molecule has 1 aromatic carbocycles. The molecule has 1 atom stereocenters. The van der Waals surface area contributed by atoms with Crippen LogP contribution >= 0.6 is 0 Å². The molecule has 0 radical (unpaired) electrons. The molecule has 190 valence electrons. The van der Waals surface area contributed by atoms with Gasteiger partial charge in [-0.1, -0.05) is 24.1 Å². The average Bonchev–Trinajstić information content (AvgIpc) is 3.38. The highest BCUT2D eigenvalue weighted by molar-refractivity contribution is 5.87. The number of benzene rings is 1. The molecule has 0 spiro atoms. The number of amides is 1. The topological polar surface area (TPSA) is 70.4 Å². The first-order valence-corrected chi connectivity index (χ1v) is 13.7. The number of piperidine rings is 3. The van der Waals surface area contributed by atoms with Crippen molar-refractivity contribution in [1.82, 2.24) is 29.5 Å². The minimum atomic E-state index is 0.0300. The number of hydrogen-bond acceptors (Lipinski definition) is 6. The summed E-state index contributed by atoms with van der Waals surface area (Å²) in [5.41, 5.74) is 2.91. The minimum absolute atomic E-state index is 0.0300. The molecule has 3 fully saturated rings. The van der Waals surface area contributed by atoms with Gasteiger partial charge >= 0.3 is 0 Å². The van der Waals surface area contributed by atoms with Crippen LogP contribution in [0.15, 0.2) is 36.8 Å². The number of likely N-dealkylation sites (tertiary alicyclic amines) is 2. The molecule has 8 nitrogen and oxygen atoms in total. The van der Waals surface area contributed by atoms with Crippen LogP contribution in [0.25, 0.3) is 16.7 Å². The minimum Gasteiger partial charge on any atom is -0.355 e. The summed E-state index contributed by atoms with van der Waals surface area (Å²) in [5, 5.41) is 5.64. The highest BCUT2D eigenvalue weighted by Gasteiger charge is 2.34. The fraction of sp³-hybridized carbons (Fsp3) is 0.571. The predicted molar refractivity (Wildman–Crippen MR) is 141 cm³/mol. The number of carbonyl (C=O) groups excluding carboxylic acids is 1. The largest absolute Gasteiger partial charge is 0.355 e. The maximum Gasteiger partial charge on any atom is 0.227 e. The molecule has 1 unspecified atom stereocenters. The molecule has 5 heterocycles. The maximum atomic E-state index is 13.5. The number of rotatable bonds is 4. The second-order valence-electron chi connectivity index (χ2n) is 10.8. The molecule has 3 aliphatic rings. The Labute approximate surface area is 213 Å². The lowest BCUT2D eigenvalue weighted by Crippen LogP contribution is -2.51. The van der Waals surface area contributed by atoms with Crippen LogP contribution < -0.4 is 4.90 Å². The Balaban J connectivity index is 1.14. The predicted octanol–water partition coefficient (Wildman–Crippen LogP) is 3.82. The van der Waals surface area contributed by atoms with E-state index in [1.807, 2.05) is 10.9 Å². The molecule has 3 aromatic rings. The summed E-state index contributed by atoms with van der Waals surface area (Å²) < 4.78 is 1.88. The molecule has 0 N–H and O–H groups in total. The van der Waals surface area contributed by atoms with Crippen molar-refractivity contribution in [2.24, 2.45) is 5.92 Å². The van der Waals surface area contributed by atoms with E-state index in [4.69, 9.17) is 5.10 Å². The van der Waals surface area contributed by atoms with E-state index in [0.717, 1.165) is 62.2 Å². The van der Waals surface area contributed by atoms with Gasteiger partial charge < -0.3 is 14.7 Å². The number of aromatic nitrogens is 4. The number of aryl methyl sites for hydroxylation is 1. The van der Waals surface area contributed by atoms with Crippen molar-refractivity contribution in [3.63, 3.8) is 0 Å². The van der Waals surface area contributed by atoms with Crippen LogP contribution in [0.5, 0.6) is 0 Å². The van der Waals surface area contributed by atoms with Gasteiger partial charge in [0, 0.05) is 38.4 Å². The Bertz CT molecular complexity index is 1190. The third-order valence-corrected chi connectivity index (χ3v) is 8.35. The van der Waals surface area contributed by atoms with Gasteiger partial charge in [-0.15, -0.1) is 5.10 Å². The van der Waals surface area contributed by atoms with Crippen molar-refractivity contribution < 1.29 is 4.79 Å². The van der Waals surface area contributed by atoms with Gasteiger partial charge in [-0.2, -0.15) is 0 Å².